The lowest BCUT2D eigenvalue weighted by molar-refractivity contribution is -0.134. The second-order valence-corrected chi connectivity index (χ2v) is 8.49. The van der Waals surface area contributed by atoms with E-state index in [2.05, 4.69) is 35.4 Å². The van der Waals surface area contributed by atoms with Crippen molar-refractivity contribution < 1.29 is 15.4 Å². The van der Waals surface area contributed by atoms with Crippen LogP contribution in [-0.2, 0) is 9.53 Å². The number of carbonyl (C=O) groups excluding carboxylic acids is 1. The van der Waals surface area contributed by atoms with Crippen LogP contribution in [0.4, 0.5) is 0 Å². The van der Waals surface area contributed by atoms with Crippen molar-refractivity contribution in [3.8, 4) is 0 Å². The van der Waals surface area contributed by atoms with Crippen molar-refractivity contribution in [1.82, 2.24) is 10.2 Å². The number of amidine groups is 1. The molecule has 1 aliphatic heterocycles. The number of allylic oxidation sites excluding steroid dienone is 1. The predicted molar refractivity (Wildman–Crippen MR) is 131 cm³/mol. The molecule has 6 nitrogen and oxygen atoms in total. The number of amides is 1. The molecule has 3 aromatic rings. The first-order valence-electron chi connectivity index (χ1n) is 11.2. The van der Waals surface area contributed by atoms with Gasteiger partial charge in [0.05, 0.1) is 19.7 Å². The number of furan rings is 1. The number of ether oxygens (including phenoxy) is 1. The van der Waals surface area contributed by atoms with E-state index in [1.165, 1.54) is 0 Å². The van der Waals surface area contributed by atoms with Gasteiger partial charge in [0.25, 0.3) is 0 Å². The standard InChI is InChI=1S/C26H31N3O3.H2/c1-6-20(31-7-2)15-29-18(4)27-16-26(5,25(29)30)28-17(3)19-12-13-24-22(14-19)21-10-8-9-11-23(21)32-24;/h6,8-14,17,28H,7,15-16H2,1-5H3;1H/b20-6+;/t17-,26?;/m1./s1. The fraction of sp³-hybridized carbons (Fsp3) is 0.385. The Morgan fingerprint density at radius 1 is 1.31 bits per heavy atom. The number of carbonyl (C=O) groups is 1. The SMILES string of the molecule is C/C=C(\CN1C(=O)C(C)(N[C@H](C)c2ccc3oc4ccccc4c3c2)CN=C1C)OCC.[HH]. The van der Waals surface area contributed by atoms with Crippen LogP contribution in [0.1, 0.15) is 47.7 Å². The average molecular weight is 436 g/mol. The van der Waals surface area contributed by atoms with E-state index in [1.807, 2.05) is 58.0 Å². The van der Waals surface area contributed by atoms with Gasteiger partial charge in [0.2, 0.25) is 5.91 Å². The molecule has 1 N–H and O–H groups in total. The summed E-state index contributed by atoms with van der Waals surface area (Å²) >= 11 is 0. The first-order chi connectivity index (χ1) is 15.4. The van der Waals surface area contributed by atoms with E-state index in [-0.39, 0.29) is 13.4 Å². The van der Waals surface area contributed by atoms with Crippen molar-refractivity contribution in [1.29, 1.82) is 0 Å². The molecule has 2 atom stereocenters. The predicted octanol–water partition coefficient (Wildman–Crippen LogP) is 5.44. The number of aliphatic imine (C=N–C) groups is 1. The highest BCUT2D eigenvalue weighted by Crippen LogP contribution is 2.31. The minimum Gasteiger partial charge on any atom is -0.497 e. The highest BCUT2D eigenvalue weighted by molar-refractivity contribution is 6.05. The Kier molecular flexibility index (Phi) is 6.07. The summed E-state index contributed by atoms with van der Waals surface area (Å²) in [7, 11) is 0. The molecule has 0 saturated carbocycles. The van der Waals surface area contributed by atoms with Crippen molar-refractivity contribution in [3.63, 3.8) is 0 Å². The van der Waals surface area contributed by atoms with Crippen molar-refractivity contribution >= 4 is 33.7 Å². The summed E-state index contributed by atoms with van der Waals surface area (Å²) in [6, 6.07) is 14.2. The smallest absolute Gasteiger partial charge is 0.250 e. The third-order valence-electron chi connectivity index (χ3n) is 6.13. The first-order valence-corrected chi connectivity index (χ1v) is 11.2. The normalized spacial score (nSPS) is 20.7. The Morgan fingerprint density at radius 3 is 2.81 bits per heavy atom. The van der Waals surface area contributed by atoms with Gasteiger partial charge in [-0.15, -0.1) is 0 Å². The first kappa shape index (κ1) is 22.1. The van der Waals surface area contributed by atoms with Crippen LogP contribution in [0.25, 0.3) is 21.9 Å². The number of benzene rings is 2. The molecule has 1 aromatic heterocycles. The van der Waals surface area contributed by atoms with Gasteiger partial charge in [0, 0.05) is 18.2 Å². The number of hydrogen-bond acceptors (Lipinski definition) is 5. The maximum atomic E-state index is 13.5. The van der Waals surface area contributed by atoms with Gasteiger partial charge in [0.1, 0.15) is 28.3 Å². The fourth-order valence-corrected chi connectivity index (χ4v) is 4.30. The van der Waals surface area contributed by atoms with Crippen LogP contribution in [0.5, 0.6) is 0 Å². The van der Waals surface area contributed by atoms with Crippen molar-refractivity contribution in [2.24, 2.45) is 4.99 Å². The Bertz CT molecular complexity index is 1220. The van der Waals surface area contributed by atoms with E-state index in [4.69, 9.17) is 9.15 Å². The third kappa shape index (κ3) is 4.02. The van der Waals surface area contributed by atoms with Crippen molar-refractivity contribution in [3.05, 3.63) is 59.9 Å². The van der Waals surface area contributed by atoms with Gasteiger partial charge in [0.15, 0.2) is 0 Å². The minimum absolute atomic E-state index is 0. The van der Waals surface area contributed by atoms with Gasteiger partial charge >= 0.3 is 0 Å². The summed E-state index contributed by atoms with van der Waals surface area (Å²) in [6.45, 7) is 11.1. The summed E-state index contributed by atoms with van der Waals surface area (Å²) in [5, 5.41) is 5.73. The van der Waals surface area contributed by atoms with E-state index in [0.717, 1.165) is 33.3 Å². The number of hydrogen-bond donors (Lipinski definition) is 1. The Morgan fingerprint density at radius 2 is 2.06 bits per heavy atom. The van der Waals surface area contributed by atoms with Crippen LogP contribution in [0.15, 0.2) is 63.7 Å². The van der Waals surface area contributed by atoms with Crippen molar-refractivity contribution in [2.45, 2.75) is 46.2 Å². The molecule has 4 rings (SSSR count). The van der Waals surface area contributed by atoms with Gasteiger partial charge in [-0.3, -0.25) is 20.0 Å². The summed E-state index contributed by atoms with van der Waals surface area (Å²) in [5.41, 5.74) is 2.03. The van der Waals surface area contributed by atoms with Crippen molar-refractivity contribution in [2.75, 3.05) is 19.7 Å². The molecule has 0 bridgehead atoms. The molecule has 0 spiro atoms. The second-order valence-electron chi connectivity index (χ2n) is 8.49. The molecule has 1 aliphatic rings. The second kappa shape index (κ2) is 8.79. The van der Waals surface area contributed by atoms with Gasteiger partial charge < -0.3 is 9.15 Å². The molecule has 0 saturated heterocycles. The van der Waals surface area contributed by atoms with Crippen LogP contribution in [0.2, 0.25) is 0 Å². The summed E-state index contributed by atoms with van der Waals surface area (Å²) in [6.07, 6.45) is 1.90. The third-order valence-corrected chi connectivity index (χ3v) is 6.13. The molecule has 0 aliphatic carbocycles. The summed E-state index contributed by atoms with van der Waals surface area (Å²) in [4.78, 5) is 19.9. The molecule has 2 aromatic carbocycles. The lowest BCUT2D eigenvalue weighted by Crippen LogP contribution is -2.62. The molecule has 32 heavy (non-hydrogen) atoms. The number of nitrogens with zero attached hydrogens (tertiary/aromatic N) is 2. The van der Waals surface area contributed by atoms with E-state index in [0.29, 0.717) is 25.5 Å². The summed E-state index contributed by atoms with van der Waals surface area (Å²) < 4.78 is 11.6. The Hall–Kier alpha value is -3.12. The number of para-hydroxylation sites is 1. The molecule has 1 unspecified atom stereocenters. The largest absolute Gasteiger partial charge is 0.497 e. The quantitative estimate of drug-likeness (QED) is 0.502. The van der Waals surface area contributed by atoms with E-state index < -0.39 is 5.54 Å². The molecular formula is C26H33N3O3. The topological polar surface area (TPSA) is 67.1 Å². The lowest BCUT2D eigenvalue weighted by atomic mass is 9.94. The lowest BCUT2D eigenvalue weighted by Gasteiger charge is -2.40. The van der Waals surface area contributed by atoms with Gasteiger partial charge in [-0.2, -0.15) is 0 Å². The van der Waals surface area contributed by atoms with E-state index >= 15 is 0 Å². The molecule has 170 valence electrons. The van der Waals surface area contributed by atoms with Crippen LogP contribution >= 0.6 is 0 Å². The monoisotopic (exact) mass is 435 g/mol. The van der Waals surface area contributed by atoms with Crippen LogP contribution in [0.3, 0.4) is 0 Å². The van der Waals surface area contributed by atoms with E-state index in [9.17, 15) is 4.79 Å². The maximum Gasteiger partial charge on any atom is 0.250 e. The maximum absolute atomic E-state index is 13.5. The minimum atomic E-state index is -0.808. The van der Waals surface area contributed by atoms with Crippen LogP contribution in [0, 0.1) is 0 Å². The van der Waals surface area contributed by atoms with Gasteiger partial charge in [-0.25, -0.2) is 0 Å². The molecular weight excluding hydrogens is 402 g/mol. The highest BCUT2D eigenvalue weighted by Gasteiger charge is 2.42. The zero-order chi connectivity index (χ0) is 22.9. The zero-order valence-corrected chi connectivity index (χ0v) is 19.4. The average Bonchev–Trinajstić information content (AvgIpc) is 3.17. The zero-order valence-electron chi connectivity index (χ0n) is 19.4. The van der Waals surface area contributed by atoms with Gasteiger partial charge in [-0.1, -0.05) is 24.3 Å². The van der Waals surface area contributed by atoms with Crippen LogP contribution < -0.4 is 5.32 Å². The molecule has 1 amide bonds. The fourth-order valence-electron chi connectivity index (χ4n) is 4.30. The highest BCUT2D eigenvalue weighted by atomic mass is 16.5. The Labute approximate surface area is 190 Å². The summed E-state index contributed by atoms with van der Waals surface area (Å²) in [5.74, 6) is 1.49. The number of nitrogens with one attached hydrogen (secondary N) is 1. The molecule has 6 heteroatoms. The van der Waals surface area contributed by atoms with Gasteiger partial charge in [-0.05, 0) is 64.5 Å². The number of fused-ring (bicyclic) bond motifs is 3. The molecule has 2 heterocycles. The van der Waals surface area contributed by atoms with Crippen LogP contribution in [-0.4, -0.2) is 41.9 Å². The number of rotatable bonds is 7. The Balaban J connectivity index is 0.00000306. The molecule has 0 radical (unpaired) electrons. The van der Waals surface area contributed by atoms with E-state index in [1.54, 1.807) is 4.90 Å². The molecule has 0 fully saturated rings.